The molecule has 1 unspecified atom stereocenters. The Morgan fingerprint density at radius 1 is 1.15 bits per heavy atom. The fraction of sp³-hybridized carbons (Fsp3) is 0.370. The number of likely N-dealkylation sites (tertiary alicyclic amines) is 1. The number of aromatic nitrogens is 6. The van der Waals surface area contributed by atoms with Gasteiger partial charge in [0.05, 0.1) is 22.6 Å². The third-order valence-electron chi connectivity index (χ3n) is 7.11. The molecular formula is C27H29F3N8O. The Morgan fingerprint density at radius 3 is 2.56 bits per heavy atom. The van der Waals surface area contributed by atoms with Crippen molar-refractivity contribution < 1.29 is 18.0 Å². The lowest BCUT2D eigenvalue weighted by atomic mass is 10.1. The number of nitrogens with zero attached hydrogens (tertiary/aromatic N) is 7. The van der Waals surface area contributed by atoms with Gasteiger partial charge in [-0.25, -0.2) is 27.8 Å². The van der Waals surface area contributed by atoms with Gasteiger partial charge in [-0.05, 0) is 51.0 Å². The van der Waals surface area contributed by atoms with Crippen molar-refractivity contribution in [3.05, 3.63) is 65.0 Å². The van der Waals surface area contributed by atoms with E-state index in [4.69, 9.17) is 0 Å². The standard InChI is InChI=1S/C27H29F3N8O/c1-5-20-24(17-6-8-19(28)9-7-17)36(4)35-26(20)33-21-12-22(32-14-31-21)38-16(3)23(15(2)34-38)27(39)37-11-10-18(13-37)25(29)30/h6-9,12,14,18,25H,5,10-11,13H2,1-4H3,(H,31,32,33,35). The molecular weight excluding hydrogens is 509 g/mol. The summed E-state index contributed by atoms with van der Waals surface area (Å²) in [5, 5.41) is 12.4. The summed E-state index contributed by atoms with van der Waals surface area (Å²) in [6, 6.07) is 7.97. The molecule has 1 N–H and O–H groups in total. The molecule has 1 aliphatic rings. The van der Waals surface area contributed by atoms with Gasteiger partial charge in [-0.2, -0.15) is 10.2 Å². The zero-order valence-electron chi connectivity index (χ0n) is 22.1. The van der Waals surface area contributed by atoms with Crippen molar-refractivity contribution in [3.8, 4) is 17.1 Å². The minimum Gasteiger partial charge on any atom is -0.338 e. The lowest BCUT2D eigenvalue weighted by molar-refractivity contribution is 0.0683. The predicted molar refractivity (Wildman–Crippen MR) is 140 cm³/mol. The molecule has 204 valence electrons. The molecule has 0 radical (unpaired) electrons. The lowest BCUT2D eigenvalue weighted by Gasteiger charge is -2.16. The number of carbonyl (C=O) groups is 1. The number of rotatable bonds is 7. The molecule has 0 spiro atoms. The Morgan fingerprint density at radius 2 is 1.90 bits per heavy atom. The van der Waals surface area contributed by atoms with Crippen LogP contribution in [0.1, 0.15) is 40.7 Å². The number of hydrogen-bond acceptors (Lipinski definition) is 6. The van der Waals surface area contributed by atoms with E-state index < -0.39 is 12.3 Å². The fourth-order valence-electron chi connectivity index (χ4n) is 5.14. The van der Waals surface area contributed by atoms with Crippen LogP contribution in [0.15, 0.2) is 36.7 Å². The van der Waals surface area contributed by atoms with Crippen LogP contribution in [0.2, 0.25) is 0 Å². The molecule has 39 heavy (non-hydrogen) atoms. The minimum atomic E-state index is -2.45. The number of aryl methyl sites for hydroxylation is 2. The SMILES string of the molecule is CCc1c(Nc2cc(-n3nc(C)c(C(=O)N4CCC(C(F)F)C4)c3C)ncn2)nn(C)c1-c1ccc(F)cc1. The normalized spacial score (nSPS) is 15.4. The predicted octanol–water partition coefficient (Wildman–Crippen LogP) is 4.85. The smallest absolute Gasteiger partial charge is 0.257 e. The lowest BCUT2D eigenvalue weighted by Crippen LogP contribution is -2.30. The first-order valence-electron chi connectivity index (χ1n) is 12.7. The van der Waals surface area contributed by atoms with Crippen molar-refractivity contribution in [2.45, 2.75) is 40.0 Å². The summed E-state index contributed by atoms with van der Waals surface area (Å²) in [5.41, 5.74) is 4.10. The van der Waals surface area contributed by atoms with Crippen LogP contribution in [0.5, 0.6) is 0 Å². The average Bonchev–Trinajstić information content (AvgIpc) is 3.60. The second kappa shape index (κ2) is 10.5. The van der Waals surface area contributed by atoms with Crippen LogP contribution < -0.4 is 5.32 Å². The van der Waals surface area contributed by atoms with Gasteiger partial charge in [0, 0.05) is 43.2 Å². The van der Waals surface area contributed by atoms with E-state index in [1.54, 1.807) is 41.4 Å². The van der Waals surface area contributed by atoms with E-state index in [0.29, 0.717) is 47.4 Å². The van der Waals surface area contributed by atoms with Crippen LogP contribution in [0.25, 0.3) is 17.1 Å². The third kappa shape index (κ3) is 4.98. The Bertz CT molecular complexity index is 1510. The highest BCUT2D eigenvalue weighted by Crippen LogP contribution is 2.31. The molecule has 4 heterocycles. The van der Waals surface area contributed by atoms with Gasteiger partial charge in [-0.1, -0.05) is 6.92 Å². The van der Waals surface area contributed by atoms with E-state index in [-0.39, 0.29) is 24.7 Å². The summed E-state index contributed by atoms with van der Waals surface area (Å²) in [7, 11) is 1.83. The second-order valence-electron chi connectivity index (χ2n) is 9.64. The first kappa shape index (κ1) is 26.4. The molecule has 1 aromatic carbocycles. The Balaban J connectivity index is 1.42. The van der Waals surface area contributed by atoms with Gasteiger partial charge < -0.3 is 10.2 Å². The van der Waals surface area contributed by atoms with Crippen LogP contribution in [0.4, 0.5) is 24.8 Å². The molecule has 1 fully saturated rings. The van der Waals surface area contributed by atoms with Crippen LogP contribution in [0.3, 0.4) is 0 Å². The van der Waals surface area contributed by atoms with Gasteiger partial charge in [-0.15, -0.1) is 0 Å². The number of hydrogen-bond donors (Lipinski definition) is 1. The Hall–Kier alpha value is -4.22. The topological polar surface area (TPSA) is 93.8 Å². The highest BCUT2D eigenvalue weighted by atomic mass is 19.3. The zero-order chi connectivity index (χ0) is 27.8. The molecule has 9 nitrogen and oxygen atoms in total. The van der Waals surface area contributed by atoms with Crippen molar-refractivity contribution in [1.29, 1.82) is 0 Å². The monoisotopic (exact) mass is 538 g/mol. The van der Waals surface area contributed by atoms with E-state index in [2.05, 4.69) is 25.5 Å². The summed E-state index contributed by atoms with van der Waals surface area (Å²) in [6.45, 7) is 5.82. The molecule has 4 aromatic rings. The number of alkyl halides is 2. The summed E-state index contributed by atoms with van der Waals surface area (Å²) in [6.07, 6.45) is -0.100. The first-order chi connectivity index (χ1) is 18.7. The number of halogens is 3. The van der Waals surface area contributed by atoms with Gasteiger partial charge in [0.25, 0.3) is 5.91 Å². The average molecular weight is 539 g/mol. The second-order valence-corrected chi connectivity index (χ2v) is 9.64. The first-order valence-corrected chi connectivity index (χ1v) is 12.7. The van der Waals surface area contributed by atoms with E-state index in [1.807, 2.05) is 14.0 Å². The summed E-state index contributed by atoms with van der Waals surface area (Å²) >= 11 is 0. The fourth-order valence-corrected chi connectivity index (χ4v) is 5.14. The van der Waals surface area contributed by atoms with E-state index in [1.165, 1.54) is 23.4 Å². The Labute approximate surface area is 223 Å². The van der Waals surface area contributed by atoms with Crippen LogP contribution >= 0.6 is 0 Å². The quantitative estimate of drug-likeness (QED) is 0.362. The van der Waals surface area contributed by atoms with Crippen molar-refractivity contribution >= 4 is 17.5 Å². The number of amides is 1. The van der Waals surface area contributed by atoms with Crippen LogP contribution in [-0.2, 0) is 13.5 Å². The van der Waals surface area contributed by atoms with Crippen molar-refractivity contribution in [2.75, 3.05) is 18.4 Å². The summed E-state index contributed by atoms with van der Waals surface area (Å²) in [4.78, 5) is 23.3. The number of benzene rings is 1. The third-order valence-corrected chi connectivity index (χ3v) is 7.11. The summed E-state index contributed by atoms with van der Waals surface area (Å²) in [5.74, 6) is 0.0999. The molecule has 5 rings (SSSR count). The van der Waals surface area contributed by atoms with Crippen molar-refractivity contribution in [2.24, 2.45) is 13.0 Å². The minimum absolute atomic E-state index is 0.0336. The molecule has 3 aromatic heterocycles. The van der Waals surface area contributed by atoms with E-state index >= 15 is 0 Å². The Kier molecular flexibility index (Phi) is 7.11. The molecule has 12 heteroatoms. The van der Waals surface area contributed by atoms with E-state index in [9.17, 15) is 18.0 Å². The molecule has 1 amide bonds. The van der Waals surface area contributed by atoms with Crippen LogP contribution in [0, 0.1) is 25.6 Å². The molecule has 1 atom stereocenters. The van der Waals surface area contributed by atoms with Gasteiger partial charge in [-0.3, -0.25) is 9.48 Å². The molecule has 0 aliphatic carbocycles. The van der Waals surface area contributed by atoms with Crippen LogP contribution in [-0.4, -0.2) is 59.9 Å². The molecule has 1 saturated heterocycles. The number of anilines is 2. The van der Waals surface area contributed by atoms with Gasteiger partial charge in [0.1, 0.15) is 18.0 Å². The summed E-state index contributed by atoms with van der Waals surface area (Å²) < 4.78 is 43.0. The van der Waals surface area contributed by atoms with Gasteiger partial charge in [0.2, 0.25) is 6.43 Å². The molecule has 1 aliphatic heterocycles. The van der Waals surface area contributed by atoms with E-state index in [0.717, 1.165) is 16.8 Å². The van der Waals surface area contributed by atoms with Crippen molar-refractivity contribution in [3.63, 3.8) is 0 Å². The largest absolute Gasteiger partial charge is 0.338 e. The van der Waals surface area contributed by atoms with Crippen molar-refractivity contribution in [1.82, 2.24) is 34.4 Å². The zero-order valence-corrected chi connectivity index (χ0v) is 22.1. The number of nitrogens with one attached hydrogen (secondary N) is 1. The number of carbonyl (C=O) groups excluding carboxylic acids is 1. The highest BCUT2D eigenvalue weighted by Gasteiger charge is 2.34. The van der Waals surface area contributed by atoms with Gasteiger partial charge in [0.15, 0.2) is 11.6 Å². The molecule has 0 bridgehead atoms. The maximum Gasteiger partial charge on any atom is 0.257 e. The highest BCUT2D eigenvalue weighted by molar-refractivity contribution is 5.96. The molecule has 0 saturated carbocycles. The van der Waals surface area contributed by atoms with Gasteiger partial charge >= 0.3 is 0 Å². The maximum atomic E-state index is 13.5. The maximum absolute atomic E-state index is 13.5.